The quantitative estimate of drug-likeness (QED) is 0.904. The van der Waals surface area contributed by atoms with E-state index in [2.05, 4.69) is 0 Å². The molecule has 0 aromatic heterocycles. The van der Waals surface area contributed by atoms with Gasteiger partial charge in [0.1, 0.15) is 5.75 Å². The highest BCUT2D eigenvalue weighted by molar-refractivity contribution is 6.34. The Hall–Kier alpha value is -0.970. The van der Waals surface area contributed by atoms with Crippen LogP contribution in [-0.2, 0) is 4.79 Å². The van der Waals surface area contributed by atoms with Crippen LogP contribution in [0.2, 0.25) is 10.0 Å². The lowest BCUT2D eigenvalue weighted by molar-refractivity contribution is -0.133. The molecule has 0 aliphatic rings. The van der Waals surface area contributed by atoms with Crippen LogP contribution in [0.4, 0.5) is 0 Å². The molecule has 0 heterocycles. The Balaban J connectivity index is 2.57. The van der Waals surface area contributed by atoms with Crippen molar-refractivity contribution in [2.45, 2.75) is 13.0 Å². The van der Waals surface area contributed by atoms with Crippen molar-refractivity contribution in [3.05, 3.63) is 28.2 Å². The van der Waals surface area contributed by atoms with Crippen LogP contribution in [0.3, 0.4) is 0 Å². The summed E-state index contributed by atoms with van der Waals surface area (Å²) < 4.78 is 5.34. The molecule has 1 unspecified atom stereocenters. The van der Waals surface area contributed by atoms with Gasteiger partial charge in [0.15, 0.2) is 6.61 Å². The number of rotatable bonds is 5. The van der Waals surface area contributed by atoms with Crippen molar-refractivity contribution in [2.75, 3.05) is 20.2 Å². The molecule has 6 heteroatoms. The van der Waals surface area contributed by atoms with Crippen molar-refractivity contribution in [1.29, 1.82) is 0 Å². The lowest BCUT2D eigenvalue weighted by atomic mass is 10.3. The summed E-state index contributed by atoms with van der Waals surface area (Å²) in [7, 11) is 1.69. The molecule has 0 fully saturated rings. The summed E-state index contributed by atoms with van der Waals surface area (Å²) in [5, 5.41) is 0.933. The van der Waals surface area contributed by atoms with E-state index in [1.165, 1.54) is 0 Å². The number of ether oxygens (including phenoxy) is 1. The summed E-state index contributed by atoms with van der Waals surface area (Å²) in [6.07, 6.45) is 0. The summed E-state index contributed by atoms with van der Waals surface area (Å²) in [6.45, 7) is 2.21. The topological polar surface area (TPSA) is 55.6 Å². The second-order valence-corrected chi connectivity index (χ2v) is 4.86. The van der Waals surface area contributed by atoms with Crippen LogP contribution in [0.5, 0.6) is 5.75 Å². The molecule has 1 atom stereocenters. The van der Waals surface area contributed by atoms with Crippen LogP contribution in [0.15, 0.2) is 18.2 Å². The lowest BCUT2D eigenvalue weighted by Gasteiger charge is -2.23. The smallest absolute Gasteiger partial charge is 0.260 e. The number of amides is 1. The first-order valence-electron chi connectivity index (χ1n) is 5.48. The third-order valence-corrected chi connectivity index (χ3v) is 3.03. The molecule has 18 heavy (non-hydrogen) atoms. The van der Waals surface area contributed by atoms with Gasteiger partial charge in [-0.3, -0.25) is 4.79 Å². The molecule has 100 valence electrons. The Morgan fingerprint density at radius 1 is 1.39 bits per heavy atom. The highest BCUT2D eigenvalue weighted by atomic mass is 35.5. The molecule has 1 aromatic carbocycles. The van der Waals surface area contributed by atoms with Gasteiger partial charge >= 0.3 is 0 Å². The van der Waals surface area contributed by atoms with Gasteiger partial charge in [-0.05, 0) is 25.1 Å². The Morgan fingerprint density at radius 2 is 1.94 bits per heavy atom. The van der Waals surface area contributed by atoms with Crippen molar-refractivity contribution in [3.63, 3.8) is 0 Å². The van der Waals surface area contributed by atoms with Crippen LogP contribution in [0, 0.1) is 0 Å². The van der Waals surface area contributed by atoms with Gasteiger partial charge in [-0.15, -0.1) is 0 Å². The molecular weight excluding hydrogens is 275 g/mol. The number of nitrogens with two attached hydrogens (primary N) is 1. The fraction of sp³-hybridized carbons (Fsp3) is 0.417. The maximum atomic E-state index is 11.8. The first-order valence-corrected chi connectivity index (χ1v) is 6.24. The third kappa shape index (κ3) is 4.37. The van der Waals surface area contributed by atoms with Gasteiger partial charge in [-0.2, -0.15) is 0 Å². The van der Waals surface area contributed by atoms with Crippen LogP contribution < -0.4 is 10.5 Å². The fourth-order valence-corrected chi connectivity index (χ4v) is 1.77. The molecule has 4 nitrogen and oxygen atoms in total. The molecule has 0 aliphatic carbocycles. The summed E-state index contributed by atoms with van der Waals surface area (Å²) >= 11 is 11.6. The van der Waals surface area contributed by atoms with Crippen LogP contribution in [0.1, 0.15) is 6.92 Å². The first kappa shape index (κ1) is 15.1. The minimum absolute atomic E-state index is 0.0240. The molecule has 1 aromatic rings. The fourth-order valence-electron chi connectivity index (χ4n) is 1.26. The van der Waals surface area contributed by atoms with Gasteiger partial charge in [0, 0.05) is 29.7 Å². The van der Waals surface area contributed by atoms with E-state index >= 15 is 0 Å². The zero-order valence-corrected chi connectivity index (χ0v) is 11.8. The third-order valence-electron chi connectivity index (χ3n) is 2.59. The number of halogens is 2. The number of carbonyl (C=O) groups excluding carboxylic acids is 1. The lowest BCUT2D eigenvalue weighted by Crippen LogP contribution is -2.42. The second kappa shape index (κ2) is 6.83. The minimum Gasteiger partial charge on any atom is -0.484 e. The summed E-state index contributed by atoms with van der Waals surface area (Å²) in [5.74, 6) is 0.318. The molecule has 1 amide bonds. The number of benzene rings is 1. The van der Waals surface area contributed by atoms with Gasteiger partial charge in [-0.25, -0.2) is 0 Å². The molecular formula is C12H16Cl2N2O2. The van der Waals surface area contributed by atoms with E-state index in [4.69, 9.17) is 33.7 Å². The molecule has 0 aliphatic heterocycles. The molecule has 1 rings (SSSR count). The van der Waals surface area contributed by atoms with E-state index in [9.17, 15) is 4.79 Å². The van der Waals surface area contributed by atoms with Crippen molar-refractivity contribution in [2.24, 2.45) is 5.73 Å². The molecule has 0 spiro atoms. The number of nitrogens with zero attached hydrogens (tertiary/aromatic N) is 1. The summed E-state index contributed by atoms with van der Waals surface area (Å²) in [5.41, 5.74) is 5.49. The van der Waals surface area contributed by atoms with Crippen molar-refractivity contribution < 1.29 is 9.53 Å². The van der Waals surface area contributed by atoms with Gasteiger partial charge in [0.2, 0.25) is 0 Å². The molecule has 0 bridgehead atoms. The van der Waals surface area contributed by atoms with E-state index in [-0.39, 0.29) is 18.6 Å². The predicted octanol–water partition coefficient (Wildman–Crippen LogP) is 2.18. The Kier molecular flexibility index (Phi) is 5.72. The van der Waals surface area contributed by atoms with Crippen molar-refractivity contribution in [1.82, 2.24) is 4.90 Å². The average Bonchev–Trinajstić information content (AvgIpc) is 2.32. The van der Waals surface area contributed by atoms with Crippen LogP contribution in [0.25, 0.3) is 0 Å². The summed E-state index contributed by atoms with van der Waals surface area (Å²) in [4.78, 5) is 13.3. The van der Waals surface area contributed by atoms with Gasteiger partial charge in [0.25, 0.3) is 5.91 Å². The Bertz CT molecular complexity index is 406. The summed E-state index contributed by atoms with van der Waals surface area (Å²) in [6, 6.07) is 4.78. The van der Waals surface area contributed by atoms with E-state index in [1.54, 1.807) is 30.1 Å². The average molecular weight is 291 g/mol. The zero-order chi connectivity index (χ0) is 13.7. The van der Waals surface area contributed by atoms with E-state index < -0.39 is 0 Å². The van der Waals surface area contributed by atoms with Crippen molar-refractivity contribution >= 4 is 29.1 Å². The zero-order valence-electron chi connectivity index (χ0n) is 10.3. The molecule has 0 saturated heterocycles. The molecule has 0 saturated carbocycles. The van der Waals surface area contributed by atoms with Crippen LogP contribution >= 0.6 is 23.2 Å². The number of hydrogen-bond donors (Lipinski definition) is 1. The van der Waals surface area contributed by atoms with Gasteiger partial charge in [-0.1, -0.05) is 23.2 Å². The molecule has 2 N–H and O–H groups in total. The van der Waals surface area contributed by atoms with Crippen molar-refractivity contribution in [3.8, 4) is 5.75 Å². The highest BCUT2D eigenvalue weighted by Crippen LogP contribution is 2.24. The van der Waals surface area contributed by atoms with Gasteiger partial charge < -0.3 is 15.4 Å². The Labute approximate surface area is 117 Å². The monoisotopic (exact) mass is 290 g/mol. The molecule has 0 radical (unpaired) electrons. The number of hydrogen-bond acceptors (Lipinski definition) is 3. The second-order valence-electron chi connectivity index (χ2n) is 3.98. The normalized spacial score (nSPS) is 12.1. The minimum atomic E-state index is -0.149. The maximum absolute atomic E-state index is 11.8. The SMILES string of the molecule is CC(CN)N(C)C(=O)COc1cc(Cl)cc(Cl)c1. The highest BCUT2D eigenvalue weighted by Gasteiger charge is 2.14. The largest absolute Gasteiger partial charge is 0.484 e. The predicted molar refractivity (Wildman–Crippen MR) is 73.2 cm³/mol. The Morgan fingerprint density at radius 3 is 2.44 bits per heavy atom. The standard InChI is InChI=1S/C12H16Cl2N2O2/c1-8(6-15)16(2)12(17)7-18-11-4-9(13)3-10(14)5-11/h3-5,8H,6-7,15H2,1-2H3. The van der Waals surface area contributed by atoms with E-state index in [1.807, 2.05) is 6.92 Å². The van der Waals surface area contributed by atoms with E-state index in [0.717, 1.165) is 0 Å². The maximum Gasteiger partial charge on any atom is 0.260 e. The first-order chi connectivity index (χ1) is 8.43. The van der Waals surface area contributed by atoms with Gasteiger partial charge in [0.05, 0.1) is 0 Å². The van der Waals surface area contributed by atoms with Crippen LogP contribution in [-0.4, -0.2) is 37.0 Å². The number of likely N-dealkylation sites (N-methyl/N-ethyl adjacent to an activating group) is 1. The number of carbonyl (C=O) groups is 1. The van der Waals surface area contributed by atoms with E-state index in [0.29, 0.717) is 22.3 Å².